The zero-order chi connectivity index (χ0) is 14.3. The number of halogens is 1. The quantitative estimate of drug-likeness (QED) is 0.656. The lowest BCUT2D eigenvalue weighted by Crippen LogP contribution is -2.27. The number of benzene rings is 1. The van der Waals surface area contributed by atoms with Crippen molar-refractivity contribution in [3.05, 3.63) is 28.8 Å². The van der Waals surface area contributed by atoms with Gasteiger partial charge in [-0.25, -0.2) is 0 Å². The molecule has 0 bridgehead atoms. The SMILES string of the molecule is O=C(O)CCOCCNC(=O)c1ccc(Cl)cc1O. The maximum absolute atomic E-state index is 11.7. The Balaban J connectivity index is 2.29. The molecule has 0 saturated heterocycles. The molecule has 6 nitrogen and oxygen atoms in total. The van der Waals surface area contributed by atoms with Crippen LogP contribution in [0.4, 0.5) is 0 Å². The molecule has 3 N–H and O–H groups in total. The third-order valence-electron chi connectivity index (χ3n) is 2.20. The number of rotatable bonds is 7. The molecule has 0 heterocycles. The predicted octanol–water partition coefficient (Wildman–Crippen LogP) is 1.27. The average molecular weight is 288 g/mol. The second kappa shape index (κ2) is 7.60. The van der Waals surface area contributed by atoms with Gasteiger partial charge in [0.15, 0.2) is 0 Å². The molecule has 1 aromatic carbocycles. The first kappa shape index (κ1) is 15.3. The van der Waals surface area contributed by atoms with Gasteiger partial charge in [-0.2, -0.15) is 0 Å². The van der Waals surface area contributed by atoms with Crippen LogP contribution in [-0.2, 0) is 9.53 Å². The molecule has 19 heavy (non-hydrogen) atoms. The van der Waals surface area contributed by atoms with Crippen molar-refractivity contribution in [1.82, 2.24) is 5.32 Å². The van der Waals surface area contributed by atoms with Gasteiger partial charge in [0, 0.05) is 11.6 Å². The molecule has 104 valence electrons. The fraction of sp³-hybridized carbons (Fsp3) is 0.333. The Bertz CT molecular complexity index is 463. The Kier molecular flexibility index (Phi) is 6.11. The van der Waals surface area contributed by atoms with Gasteiger partial charge in [0.2, 0.25) is 0 Å². The Labute approximate surface area is 114 Å². The van der Waals surface area contributed by atoms with Gasteiger partial charge in [-0.05, 0) is 18.2 Å². The van der Waals surface area contributed by atoms with E-state index < -0.39 is 11.9 Å². The monoisotopic (exact) mass is 287 g/mol. The van der Waals surface area contributed by atoms with E-state index in [9.17, 15) is 14.7 Å². The van der Waals surface area contributed by atoms with Crippen LogP contribution in [0.3, 0.4) is 0 Å². The summed E-state index contributed by atoms with van der Waals surface area (Å²) in [6.07, 6.45) is -0.0775. The highest BCUT2D eigenvalue weighted by atomic mass is 35.5. The Hall–Kier alpha value is -1.79. The summed E-state index contributed by atoms with van der Waals surface area (Å²) in [5, 5.41) is 20.8. The molecule has 1 rings (SSSR count). The number of phenolic OH excluding ortho intramolecular Hbond substituents is 1. The summed E-state index contributed by atoms with van der Waals surface area (Å²) in [5.41, 5.74) is 0.120. The number of carboxylic acids is 1. The smallest absolute Gasteiger partial charge is 0.305 e. The minimum Gasteiger partial charge on any atom is -0.507 e. The third-order valence-corrected chi connectivity index (χ3v) is 2.43. The Morgan fingerprint density at radius 1 is 1.32 bits per heavy atom. The van der Waals surface area contributed by atoms with Crippen molar-refractivity contribution in [2.24, 2.45) is 0 Å². The highest BCUT2D eigenvalue weighted by molar-refractivity contribution is 6.30. The number of carbonyl (C=O) groups is 2. The summed E-state index contributed by atoms with van der Waals surface area (Å²) in [6, 6.07) is 4.19. The summed E-state index contributed by atoms with van der Waals surface area (Å²) >= 11 is 5.65. The lowest BCUT2D eigenvalue weighted by Gasteiger charge is -2.07. The highest BCUT2D eigenvalue weighted by Crippen LogP contribution is 2.21. The Morgan fingerprint density at radius 2 is 2.05 bits per heavy atom. The average Bonchev–Trinajstić information content (AvgIpc) is 2.32. The van der Waals surface area contributed by atoms with Crippen LogP contribution in [0.5, 0.6) is 5.75 Å². The summed E-state index contributed by atoms with van der Waals surface area (Å²) < 4.78 is 5.00. The molecule has 1 amide bonds. The van der Waals surface area contributed by atoms with Crippen molar-refractivity contribution in [3.63, 3.8) is 0 Å². The number of aliphatic carboxylic acids is 1. The van der Waals surface area contributed by atoms with Gasteiger partial charge < -0.3 is 20.3 Å². The number of nitrogens with one attached hydrogen (secondary N) is 1. The number of ether oxygens (including phenoxy) is 1. The molecule has 0 atom stereocenters. The van der Waals surface area contributed by atoms with Gasteiger partial charge in [0.1, 0.15) is 5.75 Å². The third kappa shape index (κ3) is 5.58. The van der Waals surface area contributed by atoms with Crippen molar-refractivity contribution in [2.75, 3.05) is 19.8 Å². The maximum atomic E-state index is 11.7. The first-order chi connectivity index (χ1) is 9.00. The zero-order valence-corrected chi connectivity index (χ0v) is 10.8. The van der Waals surface area contributed by atoms with Crippen LogP contribution in [0.1, 0.15) is 16.8 Å². The molecule has 0 fully saturated rings. The number of carboxylic acid groups (broad SMARTS) is 1. The summed E-state index contributed by atoms with van der Waals surface area (Å²) in [7, 11) is 0. The molecule has 0 aromatic heterocycles. The zero-order valence-electron chi connectivity index (χ0n) is 10.1. The van der Waals surface area contributed by atoms with Crippen molar-refractivity contribution in [3.8, 4) is 5.75 Å². The fourth-order valence-corrected chi connectivity index (χ4v) is 1.46. The summed E-state index contributed by atoms with van der Waals surface area (Å²) in [5.74, 6) is -1.58. The van der Waals surface area contributed by atoms with Gasteiger partial charge in [-0.3, -0.25) is 9.59 Å². The Morgan fingerprint density at radius 3 is 2.68 bits per heavy atom. The second-order valence-electron chi connectivity index (χ2n) is 3.67. The van der Waals surface area contributed by atoms with Crippen molar-refractivity contribution in [2.45, 2.75) is 6.42 Å². The van der Waals surface area contributed by atoms with Crippen molar-refractivity contribution < 1.29 is 24.5 Å². The van der Waals surface area contributed by atoms with Crippen molar-refractivity contribution in [1.29, 1.82) is 0 Å². The van der Waals surface area contributed by atoms with Crippen LogP contribution in [0, 0.1) is 0 Å². The first-order valence-corrected chi connectivity index (χ1v) is 5.94. The van der Waals surface area contributed by atoms with Crippen molar-refractivity contribution >= 4 is 23.5 Å². The molecular formula is C12H14ClNO5. The minimum atomic E-state index is -0.935. The molecule has 0 aliphatic carbocycles. The maximum Gasteiger partial charge on any atom is 0.305 e. The first-order valence-electron chi connectivity index (χ1n) is 5.57. The molecule has 0 radical (unpaired) electrons. The van der Waals surface area contributed by atoms with Crippen LogP contribution < -0.4 is 5.32 Å². The largest absolute Gasteiger partial charge is 0.507 e. The molecule has 7 heteroatoms. The normalized spacial score (nSPS) is 10.2. The summed E-state index contributed by atoms with van der Waals surface area (Å²) in [4.78, 5) is 21.9. The minimum absolute atomic E-state index is 0.0775. The van der Waals surface area contributed by atoms with Crippen LogP contribution in [0.15, 0.2) is 18.2 Å². The molecule has 0 aliphatic rings. The van der Waals surface area contributed by atoms with E-state index in [1.165, 1.54) is 18.2 Å². The van der Waals surface area contributed by atoms with Gasteiger partial charge in [0.05, 0.1) is 25.2 Å². The van der Waals surface area contributed by atoms with E-state index in [1.807, 2.05) is 0 Å². The van der Waals surface area contributed by atoms with Gasteiger partial charge >= 0.3 is 5.97 Å². The lowest BCUT2D eigenvalue weighted by atomic mass is 10.2. The number of carbonyl (C=O) groups excluding carboxylic acids is 1. The van der Waals surface area contributed by atoms with E-state index in [4.69, 9.17) is 21.4 Å². The van der Waals surface area contributed by atoms with Gasteiger partial charge in [-0.15, -0.1) is 0 Å². The lowest BCUT2D eigenvalue weighted by molar-refractivity contribution is -0.138. The standard InChI is InChI=1S/C12H14ClNO5/c13-8-1-2-9(10(15)7-8)12(18)14-4-6-19-5-3-11(16)17/h1-2,7,15H,3-6H2,(H,14,18)(H,16,17). The molecule has 0 saturated carbocycles. The molecular weight excluding hydrogens is 274 g/mol. The second-order valence-corrected chi connectivity index (χ2v) is 4.11. The van der Waals surface area contributed by atoms with E-state index in [2.05, 4.69) is 5.32 Å². The molecule has 0 aliphatic heterocycles. The van der Waals surface area contributed by atoms with Gasteiger partial charge in [0.25, 0.3) is 5.91 Å². The highest BCUT2D eigenvalue weighted by Gasteiger charge is 2.10. The topological polar surface area (TPSA) is 95.9 Å². The van der Waals surface area contributed by atoms with Crippen LogP contribution in [0.2, 0.25) is 5.02 Å². The molecule has 1 aromatic rings. The number of hydrogen-bond donors (Lipinski definition) is 3. The number of phenols is 1. The predicted molar refractivity (Wildman–Crippen MR) is 68.5 cm³/mol. The number of amides is 1. The molecule has 0 unspecified atom stereocenters. The van der Waals surface area contributed by atoms with E-state index >= 15 is 0 Å². The van der Waals surface area contributed by atoms with E-state index in [1.54, 1.807) is 0 Å². The van der Waals surface area contributed by atoms with Crippen LogP contribution in [-0.4, -0.2) is 41.8 Å². The number of hydrogen-bond acceptors (Lipinski definition) is 4. The fourth-order valence-electron chi connectivity index (χ4n) is 1.29. The summed E-state index contributed by atoms with van der Waals surface area (Å²) in [6.45, 7) is 0.519. The van der Waals surface area contributed by atoms with E-state index in [-0.39, 0.29) is 37.5 Å². The van der Waals surface area contributed by atoms with Gasteiger partial charge in [-0.1, -0.05) is 11.6 Å². The van der Waals surface area contributed by atoms with E-state index in [0.717, 1.165) is 0 Å². The van der Waals surface area contributed by atoms with E-state index in [0.29, 0.717) is 5.02 Å². The molecule has 0 spiro atoms. The van der Waals surface area contributed by atoms with Crippen LogP contribution >= 0.6 is 11.6 Å². The van der Waals surface area contributed by atoms with Crippen LogP contribution in [0.25, 0.3) is 0 Å². The number of aromatic hydroxyl groups is 1.